The first-order chi connectivity index (χ1) is 16.0. The topological polar surface area (TPSA) is 66.5 Å². The van der Waals surface area contributed by atoms with Crippen LogP contribution in [0.4, 0.5) is 10.2 Å². The molecule has 33 heavy (non-hydrogen) atoms. The van der Waals surface area contributed by atoms with Crippen molar-refractivity contribution in [3.63, 3.8) is 0 Å². The van der Waals surface area contributed by atoms with E-state index < -0.39 is 0 Å². The third-order valence-electron chi connectivity index (χ3n) is 5.96. The molecule has 2 aromatic carbocycles. The highest BCUT2D eigenvalue weighted by molar-refractivity contribution is 5.99. The number of nitrogens with one attached hydrogen (secondary N) is 2. The smallest absolute Gasteiger partial charge is 0.255 e. The van der Waals surface area contributed by atoms with Crippen molar-refractivity contribution in [1.82, 2.24) is 15.6 Å². The van der Waals surface area contributed by atoms with Crippen molar-refractivity contribution < 1.29 is 13.9 Å². The highest BCUT2D eigenvalue weighted by Gasteiger charge is 2.26. The van der Waals surface area contributed by atoms with Gasteiger partial charge in [-0.2, -0.15) is 0 Å². The molecule has 7 heteroatoms. The molecule has 2 N–H and O–H groups in total. The molecule has 0 fully saturated rings. The fourth-order valence-electron chi connectivity index (χ4n) is 4.10. The fourth-order valence-corrected chi connectivity index (χ4v) is 4.10. The number of halogens is 1. The van der Waals surface area contributed by atoms with Gasteiger partial charge < -0.3 is 20.3 Å². The van der Waals surface area contributed by atoms with E-state index in [4.69, 9.17) is 4.74 Å². The summed E-state index contributed by atoms with van der Waals surface area (Å²) in [6.07, 6.45) is 2.94. The van der Waals surface area contributed by atoms with E-state index in [9.17, 15) is 9.18 Å². The van der Waals surface area contributed by atoms with Crippen LogP contribution in [-0.4, -0.2) is 44.1 Å². The second-order valence-corrected chi connectivity index (χ2v) is 8.25. The minimum absolute atomic E-state index is 0.0764. The molecule has 0 saturated heterocycles. The summed E-state index contributed by atoms with van der Waals surface area (Å²) in [4.78, 5) is 18.9. The van der Waals surface area contributed by atoms with Gasteiger partial charge in [0.2, 0.25) is 0 Å². The number of likely N-dealkylation sites (N-methyl/N-ethyl adjacent to an activating group) is 1. The van der Waals surface area contributed by atoms with Crippen LogP contribution in [0.5, 0.6) is 5.75 Å². The number of aromatic nitrogens is 1. The Balaban J connectivity index is 1.46. The van der Waals surface area contributed by atoms with Crippen LogP contribution in [0.3, 0.4) is 0 Å². The van der Waals surface area contributed by atoms with Crippen LogP contribution in [0.15, 0.2) is 66.9 Å². The SMILES string of the molecule is CNCCC(Oc1ccc(CC2CNC(=O)c3cccnc3N2C)cc1)c1cccc(F)c1. The number of pyridine rings is 1. The van der Waals surface area contributed by atoms with Gasteiger partial charge in [-0.1, -0.05) is 24.3 Å². The molecule has 1 aliphatic heterocycles. The maximum Gasteiger partial charge on any atom is 0.255 e. The molecule has 0 radical (unpaired) electrons. The maximum atomic E-state index is 13.7. The second kappa shape index (κ2) is 10.4. The molecule has 6 nitrogen and oxygen atoms in total. The Hall–Kier alpha value is -3.45. The third-order valence-corrected chi connectivity index (χ3v) is 5.96. The van der Waals surface area contributed by atoms with Crippen molar-refractivity contribution in [2.75, 3.05) is 32.1 Å². The number of carbonyl (C=O) groups excluding carboxylic acids is 1. The van der Waals surface area contributed by atoms with Crippen LogP contribution in [0.1, 0.15) is 34.0 Å². The van der Waals surface area contributed by atoms with Crippen molar-refractivity contribution >= 4 is 11.7 Å². The van der Waals surface area contributed by atoms with E-state index >= 15 is 0 Å². The van der Waals surface area contributed by atoms with Gasteiger partial charge >= 0.3 is 0 Å². The van der Waals surface area contributed by atoms with Gasteiger partial charge in [0.15, 0.2) is 0 Å². The summed E-state index contributed by atoms with van der Waals surface area (Å²) >= 11 is 0. The molecule has 3 aromatic rings. The number of hydrogen-bond donors (Lipinski definition) is 2. The molecule has 1 aromatic heterocycles. The Morgan fingerprint density at radius 3 is 2.79 bits per heavy atom. The van der Waals surface area contributed by atoms with Gasteiger partial charge in [0.1, 0.15) is 23.5 Å². The number of hydrogen-bond acceptors (Lipinski definition) is 5. The van der Waals surface area contributed by atoms with Gasteiger partial charge in [-0.25, -0.2) is 9.37 Å². The van der Waals surface area contributed by atoms with E-state index in [0.29, 0.717) is 17.9 Å². The summed E-state index contributed by atoms with van der Waals surface area (Å²) in [5.41, 5.74) is 2.54. The number of benzene rings is 2. The van der Waals surface area contributed by atoms with Crippen LogP contribution < -0.4 is 20.3 Å². The first-order valence-corrected chi connectivity index (χ1v) is 11.2. The normalized spacial score (nSPS) is 16.5. The molecule has 0 aliphatic carbocycles. The predicted octanol–water partition coefficient (Wildman–Crippen LogP) is 3.74. The van der Waals surface area contributed by atoms with Gasteiger partial charge in [-0.15, -0.1) is 0 Å². The maximum absolute atomic E-state index is 13.7. The summed E-state index contributed by atoms with van der Waals surface area (Å²) in [5, 5.41) is 6.13. The largest absolute Gasteiger partial charge is 0.486 e. The molecule has 0 saturated carbocycles. The summed E-state index contributed by atoms with van der Waals surface area (Å²) < 4.78 is 20.0. The third kappa shape index (κ3) is 5.49. The molecule has 2 unspecified atom stereocenters. The summed E-state index contributed by atoms with van der Waals surface area (Å²) in [7, 11) is 3.86. The summed E-state index contributed by atoms with van der Waals surface area (Å²) in [6, 6.07) is 18.2. The van der Waals surface area contributed by atoms with Gasteiger partial charge in [0, 0.05) is 26.2 Å². The van der Waals surface area contributed by atoms with Crippen molar-refractivity contribution in [3.8, 4) is 5.75 Å². The zero-order chi connectivity index (χ0) is 23.2. The van der Waals surface area contributed by atoms with Crippen molar-refractivity contribution in [1.29, 1.82) is 0 Å². The Labute approximate surface area is 193 Å². The molecule has 0 spiro atoms. The molecule has 0 bridgehead atoms. The molecular weight excluding hydrogens is 419 g/mol. The van der Waals surface area contributed by atoms with E-state index in [2.05, 4.69) is 20.5 Å². The van der Waals surface area contributed by atoms with Crippen LogP contribution in [0, 0.1) is 5.82 Å². The fraction of sp³-hybridized carbons (Fsp3) is 0.308. The number of amides is 1. The number of anilines is 1. The zero-order valence-corrected chi connectivity index (χ0v) is 18.9. The molecule has 4 rings (SSSR count). The lowest BCUT2D eigenvalue weighted by atomic mass is 10.0. The quantitative estimate of drug-likeness (QED) is 0.550. The summed E-state index contributed by atoms with van der Waals surface area (Å²) in [5.74, 6) is 1.07. The number of rotatable bonds is 8. The molecule has 172 valence electrons. The van der Waals surface area contributed by atoms with E-state index in [1.807, 2.05) is 44.4 Å². The first-order valence-electron chi connectivity index (χ1n) is 11.2. The summed E-state index contributed by atoms with van der Waals surface area (Å²) in [6.45, 7) is 1.30. The Morgan fingerprint density at radius 2 is 2.03 bits per heavy atom. The second-order valence-electron chi connectivity index (χ2n) is 8.25. The number of nitrogens with zero attached hydrogens (tertiary/aromatic N) is 2. The van der Waals surface area contributed by atoms with Crippen LogP contribution >= 0.6 is 0 Å². The number of carbonyl (C=O) groups is 1. The van der Waals surface area contributed by atoms with E-state index in [-0.39, 0.29) is 23.9 Å². The van der Waals surface area contributed by atoms with Crippen molar-refractivity contribution in [2.24, 2.45) is 0 Å². The van der Waals surface area contributed by atoms with E-state index in [1.165, 1.54) is 12.1 Å². The molecule has 1 aliphatic rings. The van der Waals surface area contributed by atoms with Gasteiger partial charge in [-0.05, 0) is 67.5 Å². The first kappa shape index (κ1) is 22.7. The van der Waals surface area contributed by atoms with Gasteiger partial charge in [0.05, 0.1) is 11.6 Å². The van der Waals surface area contributed by atoms with Crippen LogP contribution in [-0.2, 0) is 6.42 Å². The van der Waals surface area contributed by atoms with Crippen LogP contribution in [0.2, 0.25) is 0 Å². The van der Waals surface area contributed by atoms with Crippen LogP contribution in [0.25, 0.3) is 0 Å². The lowest BCUT2D eigenvalue weighted by Gasteiger charge is -2.27. The average Bonchev–Trinajstić information content (AvgIpc) is 2.95. The van der Waals surface area contributed by atoms with Crippen molar-refractivity contribution in [2.45, 2.75) is 25.0 Å². The zero-order valence-electron chi connectivity index (χ0n) is 18.9. The minimum Gasteiger partial charge on any atom is -0.486 e. The molecule has 2 heterocycles. The lowest BCUT2D eigenvalue weighted by molar-refractivity contribution is 0.0955. The minimum atomic E-state index is -0.267. The number of fused-ring (bicyclic) bond motifs is 1. The average molecular weight is 449 g/mol. The Morgan fingerprint density at radius 1 is 1.21 bits per heavy atom. The molecule has 1 amide bonds. The Bertz CT molecular complexity index is 1090. The van der Waals surface area contributed by atoms with Gasteiger partial charge in [-0.3, -0.25) is 4.79 Å². The highest BCUT2D eigenvalue weighted by atomic mass is 19.1. The number of ether oxygens (including phenoxy) is 1. The standard InChI is InChI=1S/C26H29FN4O2/c1-28-14-12-24(19-5-3-6-20(27)16-19)33-22-10-8-18(9-11-22)15-21-17-30-26(32)23-7-4-13-29-25(23)31(21)2/h3-11,13,16,21,24,28H,12,14-15,17H2,1-2H3,(H,30,32). The van der Waals surface area contributed by atoms with E-state index in [0.717, 1.165) is 36.3 Å². The van der Waals surface area contributed by atoms with Gasteiger partial charge in [0.25, 0.3) is 5.91 Å². The Kier molecular flexibility index (Phi) is 7.19. The van der Waals surface area contributed by atoms with E-state index in [1.54, 1.807) is 24.4 Å². The molecule has 2 atom stereocenters. The monoisotopic (exact) mass is 448 g/mol. The highest BCUT2D eigenvalue weighted by Crippen LogP contribution is 2.27. The molecular formula is C26H29FN4O2. The van der Waals surface area contributed by atoms with Crippen molar-refractivity contribution in [3.05, 3.63) is 89.4 Å². The predicted molar refractivity (Wildman–Crippen MR) is 127 cm³/mol. The lowest BCUT2D eigenvalue weighted by Crippen LogP contribution is -2.40.